The molecule has 1 amide bonds. The monoisotopic (exact) mass is 396 g/mol. The number of nitrogens with zero attached hydrogens (tertiary/aromatic N) is 1. The Bertz CT molecular complexity index is 922. The zero-order valence-electron chi connectivity index (χ0n) is 13.6. The Morgan fingerprint density at radius 1 is 1.11 bits per heavy atom. The predicted molar refractivity (Wildman–Crippen MR) is 92.4 cm³/mol. The highest BCUT2D eigenvalue weighted by Gasteiger charge is 2.30. The molecule has 140 valence electrons. The van der Waals surface area contributed by atoms with E-state index >= 15 is 0 Å². The van der Waals surface area contributed by atoms with E-state index in [1.54, 1.807) is 30.3 Å². The van der Waals surface area contributed by atoms with E-state index in [2.05, 4.69) is 15.2 Å². The average molecular weight is 397 g/mol. The second kappa shape index (κ2) is 7.71. The maximum Gasteiger partial charge on any atom is 0.573 e. The van der Waals surface area contributed by atoms with Gasteiger partial charge >= 0.3 is 6.36 Å². The number of carbonyl (C=O) groups is 1. The summed E-state index contributed by atoms with van der Waals surface area (Å²) in [5.41, 5.74) is 1.50. The number of aromatic nitrogens is 1. The molecule has 2 aromatic carbocycles. The van der Waals surface area contributed by atoms with Crippen LogP contribution >= 0.6 is 11.6 Å². The summed E-state index contributed by atoms with van der Waals surface area (Å²) >= 11 is 5.83. The molecule has 0 bridgehead atoms. The average Bonchev–Trinajstić information content (AvgIpc) is 3.04. The zero-order chi connectivity index (χ0) is 19.4. The summed E-state index contributed by atoms with van der Waals surface area (Å²) in [6, 6.07) is 13.4. The van der Waals surface area contributed by atoms with Crippen LogP contribution in [0.1, 0.15) is 5.69 Å². The maximum atomic E-state index is 12.1. The molecule has 0 saturated carbocycles. The molecule has 9 heteroatoms. The molecular weight excluding hydrogens is 385 g/mol. The molecule has 0 atom stereocenters. The second-order valence-electron chi connectivity index (χ2n) is 5.49. The van der Waals surface area contributed by atoms with E-state index in [1.807, 2.05) is 0 Å². The van der Waals surface area contributed by atoms with E-state index in [0.717, 1.165) is 17.7 Å². The van der Waals surface area contributed by atoms with Gasteiger partial charge in [0.25, 0.3) is 0 Å². The lowest BCUT2D eigenvalue weighted by Crippen LogP contribution is -2.17. The number of hydrogen-bond donors (Lipinski definition) is 1. The van der Waals surface area contributed by atoms with Crippen molar-refractivity contribution >= 4 is 23.2 Å². The van der Waals surface area contributed by atoms with Gasteiger partial charge in [0.2, 0.25) is 5.91 Å². The molecule has 27 heavy (non-hydrogen) atoms. The lowest BCUT2D eigenvalue weighted by atomic mass is 10.1. The Labute approximate surface area is 156 Å². The van der Waals surface area contributed by atoms with Crippen LogP contribution in [-0.4, -0.2) is 17.4 Å². The quantitative estimate of drug-likeness (QED) is 0.653. The maximum absolute atomic E-state index is 12.1. The van der Waals surface area contributed by atoms with Gasteiger partial charge in [-0.05, 0) is 48.5 Å². The topological polar surface area (TPSA) is 64.4 Å². The highest BCUT2D eigenvalue weighted by Crippen LogP contribution is 2.25. The van der Waals surface area contributed by atoms with Gasteiger partial charge in [0.15, 0.2) is 5.76 Å². The van der Waals surface area contributed by atoms with Crippen molar-refractivity contribution in [2.75, 3.05) is 5.32 Å². The minimum Gasteiger partial charge on any atom is -0.406 e. The number of anilines is 1. The van der Waals surface area contributed by atoms with Crippen molar-refractivity contribution in [3.05, 3.63) is 65.3 Å². The molecule has 0 unspecified atom stereocenters. The lowest BCUT2D eigenvalue weighted by molar-refractivity contribution is -0.274. The van der Waals surface area contributed by atoms with E-state index in [4.69, 9.17) is 16.1 Å². The van der Waals surface area contributed by atoms with Crippen LogP contribution in [0.15, 0.2) is 59.1 Å². The summed E-state index contributed by atoms with van der Waals surface area (Å²) in [4.78, 5) is 12.1. The van der Waals surface area contributed by atoms with Gasteiger partial charge in [0.05, 0.1) is 12.1 Å². The smallest absolute Gasteiger partial charge is 0.406 e. The summed E-state index contributed by atoms with van der Waals surface area (Å²) in [6.07, 6.45) is -4.82. The second-order valence-corrected chi connectivity index (χ2v) is 5.92. The van der Waals surface area contributed by atoms with Gasteiger partial charge in [-0.3, -0.25) is 4.79 Å². The number of alkyl halides is 3. The summed E-state index contributed by atoms with van der Waals surface area (Å²) in [5.74, 6) is -0.275. The van der Waals surface area contributed by atoms with E-state index in [1.165, 1.54) is 12.1 Å². The number of nitrogens with one attached hydrogen (secondary N) is 1. The summed E-state index contributed by atoms with van der Waals surface area (Å²) in [7, 11) is 0. The molecule has 0 aliphatic carbocycles. The predicted octanol–water partition coefficient (Wildman–Crippen LogP) is 5.07. The minimum atomic E-state index is -4.76. The number of rotatable bonds is 5. The van der Waals surface area contributed by atoms with Gasteiger partial charge in [-0.1, -0.05) is 16.8 Å². The highest BCUT2D eigenvalue weighted by atomic mass is 35.5. The summed E-state index contributed by atoms with van der Waals surface area (Å²) in [5, 5.41) is 6.99. The van der Waals surface area contributed by atoms with Gasteiger partial charge in [-0.2, -0.15) is 0 Å². The van der Waals surface area contributed by atoms with Gasteiger partial charge in [-0.15, -0.1) is 13.2 Å². The van der Waals surface area contributed by atoms with Crippen LogP contribution in [0.25, 0.3) is 11.3 Å². The Kier molecular flexibility index (Phi) is 5.36. The Morgan fingerprint density at radius 2 is 1.78 bits per heavy atom. The number of benzene rings is 2. The molecule has 0 saturated heterocycles. The van der Waals surface area contributed by atoms with Crippen LogP contribution in [0.4, 0.5) is 18.9 Å². The molecule has 3 aromatic rings. The molecular formula is C18H12ClF3N2O3. The fourth-order valence-electron chi connectivity index (χ4n) is 2.25. The van der Waals surface area contributed by atoms with Crippen molar-refractivity contribution in [3.63, 3.8) is 0 Å². The van der Waals surface area contributed by atoms with Crippen molar-refractivity contribution in [2.45, 2.75) is 12.8 Å². The van der Waals surface area contributed by atoms with E-state index in [0.29, 0.717) is 22.2 Å². The zero-order valence-corrected chi connectivity index (χ0v) is 14.3. The molecule has 1 N–H and O–H groups in total. The standard InChI is InChI=1S/C18H12ClF3N2O3/c19-12-3-1-11(2-4-12)16-9-14(24-27-16)10-17(25)23-13-5-7-15(8-6-13)26-18(20,21)22/h1-9H,10H2,(H,23,25). The molecule has 0 spiro atoms. The van der Waals surface area contributed by atoms with E-state index in [9.17, 15) is 18.0 Å². The third-order valence-corrected chi connectivity index (χ3v) is 3.65. The number of amides is 1. The number of hydrogen-bond acceptors (Lipinski definition) is 4. The molecule has 0 fully saturated rings. The van der Waals surface area contributed by atoms with Gasteiger partial charge in [0.1, 0.15) is 5.75 Å². The molecule has 5 nitrogen and oxygen atoms in total. The van der Waals surface area contributed by atoms with Crippen molar-refractivity contribution in [1.29, 1.82) is 0 Å². The first-order valence-electron chi connectivity index (χ1n) is 7.66. The third-order valence-electron chi connectivity index (χ3n) is 3.40. The Balaban J connectivity index is 1.59. The van der Waals surface area contributed by atoms with Crippen molar-refractivity contribution < 1.29 is 27.2 Å². The Morgan fingerprint density at radius 3 is 2.41 bits per heavy atom. The van der Waals surface area contributed by atoms with Gasteiger partial charge in [-0.25, -0.2) is 0 Å². The van der Waals surface area contributed by atoms with Crippen LogP contribution in [0.2, 0.25) is 5.02 Å². The third kappa shape index (κ3) is 5.49. The lowest BCUT2D eigenvalue weighted by Gasteiger charge is -2.09. The van der Waals surface area contributed by atoms with Crippen LogP contribution in [0, 0.1) is 0 Å². The fraction of sp³-hybridized carbons (Fsp3) is 0.111. The number of ether oxygens (including phenoxy) is 1. The summed E-state index contributed by atoms with van der Waals surface area (Å²) < 4.78 is 45.3. The molecule has 0 radical (unpaired) electrons. The normalized spacial score (nSPS) is 11.3. The van der Waals surface area contributed by atoms with E-state index in [-0.39, 0.29) is 12.2 Å². The van der Waals surface area contributed by atoms with Crippen LogP contribution < -0.4 is 10.1 Å². The number of halogens is 4. The summed E-state index contributed by atoms with van der Waals surface area (Å²) in [6.45, 7) is 0. The van der Waals surface area contributed by atoms with E-state index < -0.39 is 12.3 Å². The first-order valence-corrected chi connectivity index (χ1v) is 8.03. The fourth-order valence-corrected chi connectivity index (χ4v) is 2.38. The van der Waals surface area contributed by atoms with Gasteiger partial charge < -0.3 is 14.6 Å². The molecule has 0 aliphatic rings. The van der Waals surface area contributed by atoms with Crippen molar-refractivity contribution in [1.82, 2.24) is 5.16 Å². The first-order chi connectivity index (χ1) is 12.8. The largest absolute Gasteiger partial charge is 0.573 e. The van der Waals surface area contributed by atoms with Crippen molar-refractivity contribution in [3.8, 4) is 17.1 Å². The molecule has 0 aliphatic heterocycles. The van der Waals surface area contributed by atoms with Crippen molar-refractivity contribution in [2.24, 2.45) is 0 Å². The number of carbonyl (C=O) groups excluding carboxylic acids is 1. The van der Waals surface area contributed by atoms with Crippen LogP contribution in [-0.2, 0) is 11.2 Å². The Hall–Kier alpha value is -3.00. The molecule has 1 aromatic heterocycles. The minimum absolute atomic E-state index is 0.0576. The first kappa shape index (κ1) is 18.8. The van der Waals surface area contributed by atoms with Crippen LogP contribution in [0.5, 0.6) is 5.75 Å². The van der Waals surface area contributed by atoms with Gasteiger partial charge in [0, 0.05) is 22.3 Å². The highest BCUT2D eigenvalue weighted by molar-refractivity contribution is 6.30. The van der Waals surface area contributed by atoms with Crippen LogP contribution in [0.3, 0.4) is 0 Å². The molecule has 1 heterocycles. The SMILES string of the molecule is O=C(Cc1cc(-c2ccc(Cl)cc2)on1)Nc1ccc(OC(F)(F)F)cc1. The molecule has 3 rings (SSSR count).